The summed E-state index contributed by atoms with van der Waals surface area (Å²) in [6, 6.07) is 5.02. The van der Waals surface area contributed by atoms with E-state index >= 15 is 0 Å². The highest BCUT2D eigenvalue weighted by atomic mass is 35.5. The first-order valence-corrected chi connectivity index (χ1v) is 6.40. The summed E-state index contributed by atoms with van der Waals surface area (Å²) in [5.41, 5.74) is 0.797. The Bertz CT molecular complexity index is 427. The number of rotatable bonds is 7. The van der Waals surface area contributed by atoms with Crippen molar-refractivity contribution in [2.75, 3.05) is 27.4 Å². The van der Waals surface area contributed by atoms with Crippen LogP contribution in [0.4, 0.5) is 13.2 Å². The second-order valence-electron chi connectivity index (χ2n) is 4.19. The predicted molar refractivity (Wildman–Crippen MR) is 71.3 cm³/mol. The minimum atomic E-state index is -4.30. The number of benzene rings is 1. The molecule has 0 radical (unpaired) electrons. The van der Waals surface area contributed by atoms with Crippen molar-refractivity contribution in [1.29, 1.82) is 0 Å². The fraction of sp³-hybridized carbons (Fsp3) is 0.538. The Morgan fingerprint density at radius 3 is 2.55 bits per heavy atom. The largest absolute Gasteiger partial charge is 0.497 e. The molecular weight excluding hydrogens is 295 g/mol. The van der Waals surface area contributed by atoms with E-state index < -0.39 is 12.8 Å². The van der Waals surface area contributed by atoms with E-state index in [9.17, 15) is 13.2 Å². The van der Waals surface area contributed by atoms with Crippen LogP contribution in [-0.4, -0.2) is 33.5 Å². The molecule has 0 bridgehead atoms. The molecule has 0 aliphatic heterocycles. The van der Waals surface area contributed by atoms with Crippen LogP contribution in [0.2, 0.25) is 5.02 Å². The minimum absolute atomic E-state index is 0.00657. The van der Waals surface area contributed by atoms with Crippen molar-refractivity contribution in [1.82, 2.24) is 5.32 Å². The molecule has 0 aliphatic carbocycles. The Labute approximate surface area is 121 Å². The molecule has 20 heavy (non-hydrogen) atoms. The molecular formula is C13H17ClF3NO2. The van der Waals surface area contributed by atoms with E-state index in [2.05, 4.69) is 10.1 Å². The van der Waals surface area contributed by atoms with Crippen molar-refractivity contribution < 1.29 is 22.6 Å². The quantitative estimate of drug-likeness (QED) is 0.781. The number of hydrogen-bond acceptors (Lipinski definition) is 3. The fourth-order valence-corrected chi connectivity index (χ4v) is 2.06. The third-order valence-corrected chi connectivity index (χ3v) is 3.08. The van der Waals surface area contributed by atoms with Crippen molar-refractivity contribution in [3.8, 4) is 5.75 Å². The zero-order valence-electron chi connectivity index (χ0n) is 11.3. The molecule has 0 aromatic heterocycles. The zero-order valence-corrected chi connectivity index (χ0v) is 12.0. The second-order valence-corrected chi connectivity index (χ2v) is 4.59. The van der Waals surface area contributed by atoms with Gasteiger partial charge in [-0.15, -0.1) is 0 Å². The van der Waals surface area contributed by atoms with Crippen LogP contribution >= 0.6 is 11.6 Å². The number of halogens is 4. The summed E-state index contributed by atoms with van der Waals surface area (Å²) in [5.74, 6) is 0.627. The normalized spacial score (nSPS) is 13.3. The van der Waals surface area contributed by atoms with Crippen LogP contribution in [0.5, 0.6) is 5.75 Å². The molecule has 0 saturated carbocycles. The molecule has 0 fully saturated rings. The van der Waals surface area contributed by atoms with Crippen LogP contribution in [0.15, 0.2) is 18.2 Å². The number of ether oxygens (including phenoxy) is 2. The summed E-state index contributed by atoms with van der Waals surface area (Å²) < 4.78 is 45.5. The summed E-state index contributed by atoms with van der Waals surface area (Å²) in [6.07, 6.45) is -3.91. The van der Waals surface area contributed by atoms with E-state index in [4.69, 9.17) is 16.3 Å². The molecule has 7 heteroatoms. The summed E-state index contributed by atoms with van der Waals surface area (Å²) in [4.78, 5) is 0. The van der Waals surface area contributed by atoms with Gasteiger partial charge in [0.1, 0.15) is 12.4 Å². The highest BCUT2D eigenvalue weighted by molar-refractivity contribution is 6.31. The maximum Gasteiger partial charge on any atom is 0.411 e. The molecule has 1 atom stereocenters. The van der Waals surface area contributed by atoms with Crippen molar-refractivity contribution in [2.24, 2.45) is 0 Å². The number of alkyl halides is 3. The van der Waals surface area contributed by atoms with Gasteiger partial charge in [-0.3, -0.25) is 0 Å². The maximum absolute atomic E-state index is 12.0. The lowest BCUT2D eigenvalue weighted by Gasteiger charge is -2.19. The van der Waals surface area contributed by atoms with Crippen LogP contribution in [0.1, 0.15) is 18.0 Å². The highest BCUT2D eigenvalue weighted by Gasteiger charge is 2.27. The number of nitrogens with one attached hydrogen (secondary N) is 1. The molecule has 1 rings (SSSR count). The van der Waals surface area contributed by atoms with Gasteiger partial charge < -0.3 is 14.8 Å². The number of hydrogen-bond donors (Lipinski definition) is 1. The molecule has 0 saturated heterocycles. The second kappa shape index (κ2) is 7.71. The van der Waals surface area contributed by atoms with E-state index in [-0.39, 0.29) is 12.6 Å². The molecule has 1 aromatic rings. The molecule has 1 N–H and O–H groups in total. The van der Waals surface area contributed by atoms with Crippen LogP contribution in [0.25, 0.3) is 0 Å². The highest BCUT2D eigenvalue weighted by Crippen LogP contribution is 2.29. The molecule has 0 amide bonds. The first-order valence-electron chi connectivity index (χ1n) is 6.02. The van der Waals surface area contributed by atoms with Gasteiger partial charge in [-0.05, 0) is 31.2 Å². The maximum atomic E-state index is 12.0. The lowest BCUT2D eigenvalue weighted by atomic mass is 10.0. The van der Waals surface area contributed by atoms with Crippen molar-refractivity contribution in [3.63, 3.8) is 0 Å². The molecule has 3 nitrogen and oxygen atoms in total. The average molecular weight is 312 g/mol. The predicted octanol–water partition coefficient (Wildman–Crippen LogP) is 3.58. The van der Waals surface area contributed by atoms with Gasteiger partial charge >= 0.3 is 6.18 Å². The average Bonchev–Trinajstić information content (AvgIpc) is 2.38. The summed E-state index contributed by atoms with van der Waals surface area (Å²) in [5, 5.41) is 3.51. The van der Waals surface area contributed by atoms with E-state index in [0.717, 1.165) is 5.56 Å². The molecule has 0 heterocycles. The van der Waals surface area contributed by atoms with Crippen molar-refractivity contribution in [2.45, 2.75) is 18.6 Å². The first kappa shape index (κ1) is 17.1. The molecule has 1 unspecified atom stereocenters. The van der Waals surface area contributed by atoms with Crippen LogP contribution < -0.4 is 10.1 Å². The molecule has 0 aliphatic rings. The number of methoxy groups -OCH3 is 1. The smallest absolute Gasteiger partial charge is 0.411 e. The summed E-state index contributed by atoms with van der Waals surface area (Å²) in [6.45, 7) is -1.24. The zero-order chi connectivity index (χ0) is 15.2. The van der Waals surface area contributed by atoms with Crippen molar-refractivity contribution in [3.05, 3.63) is 28.8 Å². The van der Waals surface area contributed by atoms with E-state index in [1.807, 2.05) is 0 Å². The van der Waals surface area contributed by atoms with Gasteiger partial charge in [0.15, 0.2) is 0 Å². The lowest BCUT2D eigenvalue weighted by Crippen LogP contribution is -2.21. The van der Waals surface area contributed by atoms with Gasteiger partial charge in [0.25, 0.3) is 0 Å². The fourth-order valence-electron chi connectivity index (χ4n) is 1.76. The van der Waals surface area contributed by atoms with Crippen LogP contribution in [-0.2, 0) is 4.74 Å². The Hall–Kier alpha value is -0.980. The van der Waals surface area contributed by atoms with Gasteiger partial charge in [-0.2, -0.15) is 13.2 Å². The topological polar surface area (TPSA) is 30.5 Å². The molecule has 114 valence electrons. The van der Waals surface area contributed by atoms with Gasteiger partial charge in [-0.25, -0.2) is 0 Å². The Kier molecular flexibility index (Phi) is 6.58. The van der Waals surface area contributed by atoms with E-state index in [0.29, 0.717) is 17.2 Å². The lowest BCUT2D eigenvalue weighted by molar-refractivity contribution is -0.174. The Morgan fingerprint density at radius 2 is 2.05 bits per heavy atom. The van der Waals surface area contributed by atoms with Gasteiger partial charge in [0, 0.05) is 17.7 Å². The standard InChI is InChI=1S/C13H17ClF3NO2/c1-18-12(5-6-20-8-13(15,16)17)10-4-3-9(19-2)7-11(10)14/h3-4,7,12,18H,5-6,8H2,1-2H3. The van der Waals surface area contributed by atoms with Crippen LogP contribution in [0.3, 0.4) is 0 Å². The first-order chi connectivity index (χ1) is 9.37. The molecule has 0 spiro atoms. The monoisotopic (exact) mass is 311 g/mol. The van der Waals surface area contributed by atoms with E-state index in [1.54, 1.807) is 25.2 Å². The van der Waals surface area contributed by atoms with Gasteiger partial charge in [0.2, 0.25) is 0 Å². The van der Waals surface area contributed by atoms with Crippen LogP contribution in [0, 0.1) is 0 Å². The Balaban J connectivity index is 2.58. The van der Waals surface area contributed by atoms with Crippen molar-refractivity contribution >= 4 is 11.6 Å². The SMILES string of the molecule is CNC(CCOCC(F)(F)F)c1ccc(OC)cc1Cl. The minimum Gasteiger partial charge on any atom is -0.497 e. The summed E-state index contributed by atoms with van der Waals surface area (Å²) >= 11 is 6.13. The van der Waals surface area contributed by atoms with Gasteiger partial charge in [0.05, 0.1) is 7.11 Å². The third kappa shape index (κ3) is 5.56. The Morgan fingerprint density at radius 1 is 1.35 bits per heavy atom. The van der Waals surface area contributed by atoms with E-state index in [1.165, 1.54) is 7.11 Å². The molecule has 1 aromatic carbocycles. The third-order valence-electron chi connectivity index (χ3n) is 2.75. The summed E-state index contributed by atoms with van der Waals surface area (Å²) in [7, 11) is 3.25. The van der Waals surface area contributed by atoms with Gasteiger partial charge in [-0.1, -0.05) is 17.7 Å².